The Labute approximate surface area is 105 Å². The molecule has 2 rings (SSSR count). The molecule has 2 aromatic rings. The van der Waals surface area contributed by atoms with Crippen molar-refractivity contribution < 1.29 is 0 Å². The number of hydrogen-bond acceptors (Lipinski definition) is 3. The van der Waals surface area contributed by atoms with Crippen molar-refractivity contribution in [2.45, 2.75) is 26.8 Å². The minimum absolute atomic E-state index is 0.276. The smallest absolute Gasteiger partial charge is 0.166 e. The molecule has 0 aliphatic carbocycles. The van der Waals surface area contributed by atoms with Gasteiger partial charge < -0.3 is 10.3 Å². The van der Waals surface area contributed by atoms with Crippen LogP contribution in [0.2, 0.25) is 5.02 Å². The van der Waals surface area contributed by atoms with Crippen molar-refractivity contribution in [3.8, 4) is 11.4 Å². The van der Waals surface area contributed by atoms with Gasteiger partial charge in [0.1, 0.15) is 5.82 Å². The number of aryl methyl sites for hydroxylation is 1. The second kappa shape index (κ2) is 4.37. The second-order valence-electron chi connectivity index (χ2n) is 4.24. The Bertz CT molecular complexity index is 545. The van der Waals surface area contributed by atoms with Crippen LogP contribution in [0.1, 0.15) is 25.7 Å². The van der Waals surface area contributed by atoms with Crippen LogP contribution in [0.25, 0.3) is 11.4 Å². The molecule has 1 heterocycles. The fourth-order valence-electron chi connectivity index (χ4n) is 1.90. The number of para-hydroxylation sites is 1. The van der Waals surface area contributed by atoms with Gasteiger partial charge in [-0.25, -0.2) is 0 Å². The normalized spacial score (nSPS) is 11.1. The van der Waals surface area contributed by atoms with Gasteiger partial charge in [-0.2, -0.15) is 0 Å². The van der Waals surface area contributed by atoms with Gasteiger partial charge in [0.05, 0.1) is 10.7 Å². The van der Waals surface area contributed by atoms with Crippen LogP contribution in [0.5, 0.6) is 0 Å². The Morgan fingerprint density at radius 1 is 1.29 bits per heavy atom. The van der Waals surface area contributed by atoms with Crippen LogP contribution in [-0.4, -0.2) is 14.8 Å². The summed E-state index contributed by atoms with van der Waals surface area (Å²) in [6, 6.07) is 5.81. The standard InChI is InChI=1S/C12H15ClN4/c1-7(2)17-8(3)15-16-12(17)9-5-4-6-10(13)11(9)14/h4-7H,14H2,1-3H3. The largest absolute Gasteiger partial charge is 0.397 e. The van der Waals surface area contributed by atoms with Crippen molar-refractivity contribution in [2.24, 2.45) is 0 Å². The van der Waals surface area contributed by atoms with Crippen LogP contribution in [0.15, 0.2) is 18.2 Å². The second-order valence-corrected chi connectivity index (χ2v) is 4.64. The van der Waals surface area contributed by atoms with E-state index >= 15 is 0 Å². The van der Waals surface area contributed by atoms with Crippen molar-refractivity contribution >= 4 is 17.3 Å². The Morgan fingerprint density at radius 2 is 2.00 bits per heavy atom. The van der Waals surface area contributed by atoms with Gasteiger partial charge in [0, 0.05) is 11.6 Å². The summed E-state index contributed by atoms with van der Waals surface area (Å²) in [6.07, 6.45) is 0. The van der Waals surface area contributed by atoms with Crippen LogP contribution >= 0.6 is 11.6 Å². The highest BCUT2D eigenvalue weighted by Crippen LogP contribution is 2.31. The van der Waals surface area contributed by atoms with Gasteiger partial charge in [-0.15, -0.1) is 10.2 Å². The predicted octanol–water partition coefficient (Wildman–Crippen LogP) is 3.07. The average molecular weight is 251 g/mol. The van der Waals surface area contributed by atoms with E-state index in [0.29, 0.717) is 10.7 Å². The zero-order chi connectivity index (χ0) is 12.6. The predicted molar refractivity (Wildman–Crippen MR) is 70.0 cm³/mol. The molecule has 4 nitrogen and oxygen atoms in total. The first-order chi connectivity index (χ1) is 8.02. The molecule has 0 unspecified atom stereocenters. The third-order valence-electron chi connectivity index (χ3n) is 2.68. The summed E-state index contributed by atoms with van der Waals surface area (Å²) in [4.78, 5) is 0. The van der Waals surface area contributed by atoms with Gasteiger partial charge in [0.2, 0.25) is 0 Å². The maximum absolute atomic E-state index is 6.02. The topological polar surface area (TPSA) is 56.7 Å². The lowest BCUT2D eigenvalue weighted by Gasteiger charge is -2.13. The highest BCUT2D eigenvalue weighted by Gasteiger charge is 2.16. The van der Waals surface area contributed by atoms with E-state index in [0.717, 1.165) is 17.2 Å². The number of halogens is 1. The molecule has 5 heteroatoms. The maximum atomic E-state index is 6.02. The van der Waals surface area contributed by atoms with E-state index in [1.54, 1.807) is 6.07 Å². The lowest BCUT2D eigenvalue weighted by atomic mass is 10.1. The number of rotatable bonds is 2. The molecule has 1 aromatic heterocycles. The molecule has 0 aliphatic heterocycles. The van der Waals surface area contributed by atoms with Crippen molar-refractivity contribution in [3.05, 3.63) is 29.0 Å². The van der Waals surface area contributed by atoms with Gasteiger partial charge in [0.25, 0.3) is 0 Å². The number of nitrogens with two attached hydrogens (primary N) is 1. The number of hydrogen-bond donors (Lipinski definition) is 1. The van der Waals surface area contributed by atoms with Crippen molar-refractivity contribution in [3.63, 3.8) is 0 Å². The quantitative estimate of drug-likeness (QED) is 0.834. The van der Waals surface area contributed by atoms with E-state index in [1.807, 2.05) is 23.6 Å². The Balaban J connectivity index is 2.65. The Morgan fingerprint density at radius 3 is 2.65 bits per heavy atom. The summed E-state index contributed by atoms with van der Waals surface area (Å²) in [7, 11) is 0. The first kappa shape index (κ1) is 11.9. The average Bonchev–Trinajstić information content (AvgIpc) is 2.64. The van der Waals surface area contributed by atoms with E-state index in [4.69, 9.17) is 17.3 Å². The SMILES string of the molecule is Cc1nnc(-c2cccc(Cl)c2N)n1C(C)C. The number of nitrogen functional groups attached to an aromatic ring is 1. The third kappa shape index (κ3) is 2.00. The fraction of sp³-hybridized carbons (Fsp3) is 0.333. The fourth-order valence-corrected chi connectivity index (χ4v) is 2.08. The molecule has 0 aliphatic rings. The molecular formula is C12H15ClN4. The number of aromatic nitrogens is 3. The van der Waals surface area contributed by atoms with Gasteiger partial charge in [0.15, 0.2) is 5.82 Å². The highest BCUT2D eigenvalue weighted by atomic mass is 35.5. The van der Waals surface area contributed by atoms with Gasteiger partial charge in [-0.05, 0) is 32.9 Å². The molecule has 0 bridgehead atoms. The van der Waals surface area contributed by atoms with E-state index in [-0.39, 0.29) is 6.04 Å². The summed E-state index contributed by atoms with van der Waals surface area (Å²) in [5, 5.41) is 8.82. The molecular weight excluding hydrogens is 236 g/mol. The molecule has 17 heavy (non-hydrogen) atoms. The van der Waals surface area contributed by atoms with E-state index < -0.39 is 0 Å². The number of nitrogens with zero attached hydrogens (tertiary/aromatic N) is 3. The van der Waals surface area contributed by atoms with Crippen LogP contribution in [0.3, 0.4) is 0 Å². The molecule has 0 atom stereocenters. The van der Waals surface area contributed by atoms with Crippen molar-refractivity contribution in [1.82, 2.24) is 14.8 Å². The van der Waals surface area contributed by atoms with Crippen LogP contribution < -0.4 is 5.73 Å². The minimum atomic E-state index is 0.276. The van der Waals surface area contributed by atoms with Crippen molar-refractivity contribution in [1.29, 1.82) is 0 Å². The summed E-state index contributed by atoms with van der Waals surface area (Å²) in [5.41, 5.74) is 7.35. The first-order valence-electron chi connectivity index (χ1n) is 5.48. The lowest BCUT2D eigenvalue weighted by molar-refractivity contribution is 0.588. The number of benzene rings is 1. The van der Waals surface area contributed by atoms with Crippen LogP contribution in [-0.2, 0) is 0 Å². The number of anilines is 1. The lowest BCUT2D eigenvalue weighted by Crippen LogP contribution is -2.06. The minimum Gasteiger partial charge on any atom is -0.397 e. The first-order valence-corrected chi connectivity index (χ1v) is 5.86. The molecule has 0 fully saturated rings. The van der Waals surface area contributed by atoms with Gasteiger partial charge in [-0.1, -0.05) is 17.7 Å². The summed E-state index contributed by atoms with van der Waals surface area (Å²) in [5.74, 6) is 1.63. The molecule has 0 radical (unpaired) electrons. The summed E-state index contributed by atoms with van der Waals surface area (Å²) in [6.45, 7) is 6.10. The van der Waals surface area contributed by atoms with Gasteiger partial charge >= 0.3 is 0 Å². The molecule has 1 aromatic carbocycles. The molecule has 90 valence electrons. The van der Waals surface area contributed by atoms with E-state index in [2.05, 4.69) is 24.0 Å². The van der Waals surface area contributed by atoms with E-state index in [1.165, 1.54) is 0 Å². The zero-order valence-electron chi connectivity index (χ0n) is 10.1. The molecule has 0 saturated carbocycles. The summed E-state index contributed by atoms with van der Waals surface area (Å²) >= 11 is 6.02. The maximum Gasteiger partial charge on any atom is 0.166 e. The monoisotopic (exact) mass is 250 g/mol. The third-order valence-corrected chi connectivity index (χ3v) is 3.01. The molecule has 0 spiro atoms. The van der Waals surface area contributed by atoms with Crippen LogP contribution in [0.4, 0.5) is 5.69 Å². The molecule has 0 amide bonds. The Kier molecular flexibility index (Phi) is 3.07. The van der Waals surface area contributed by atoms with Crippen molar-refractivity contribution in [2.75, 3.05) is 5.73 Å². The Hall–Kier alpha value is -1.55. The molecule has 0 saturated heterocycles. The highest BCUT2D eigenvalue weighted by molar-refractivity contribution is 6.33. The van der Waals surface area contributed by atoms with Crippen LogP contribution in [0, 0.1) is 6.92 Å². The zero-order valence-corrected chi connectivity index (χ0v) is 10.9. The summed E-state index contributed by atoms with van der Waals surface area (Å²) < 4.78 is 2.04. The van der Waals surface area contributed by atoms with Gasteiger partial charge in [-0.3, -0.25) is 0 Å². The molecule has 2 N–H and O–H groups in total. The van der Waals surface area contributed by atoms with E-state index in [9.17, 15) is 0 Å².